The summed E-state index contributed by atoms with van der Waals surface area (Å²) >= 11 is 0. The van der Waals surface area contributed by atoms with Crippen LogP contribution in [0.25, 0.3) is 0 Å². The van der Waals surface area contributed by atoms with E-state index in [1.165, 1.54) is 6.26 Å². The fraction of sp³-hybridized carbons (Fsp3) is 0.300. The second-order valence-electron chi connectivity index (χ2n) is 6.87. The van der Waals surface area contributed by atoms with Crippen molar-refractivity contribution in [1.82, 2.24) is 10.6 Å². The summed E-state index contributed by atoms with van der Waals surface area (Å²) in [5.74, 6) is 1.55. The van der Waals surface area contributed by atoms with Gasteiger partial charge in [0.05, 0.1) is 17.5 Å². The summed E-state index contributed by atoms with van der Waals surface area (Å²) in [5.41, 5.74) is 5.11. The first kappa shape index (κ1) is 18.7. The number of nitrogens with zero attached hydrogens (tertiary/aromatic N) is 2. The molecule has 2 amide bonds. The predicted octanol–water partition coefficient (Wildman–Crippen LogP) is 3.51. The van der Waals surface area contributed by atoms with Gasteiger partial charge in [-0.25, -0.2) is 5.43 Å². The number of hydrogen-bond donors (Lipinski definition) is 2. The Bertz CT molecular complexity index is 1120. The Balaban J connectivity index is 1.58. The van der Waals surface area contributed by atoms with E-state index in [-0.39, 0.29) is 11.7 Å². The Morgan fingerprint density at radius 2 is 2.00 bits per heavy atom. The number of amides is 2. The Morgan fingerprint density at radius 3 is 2.69 bits per heavy atom. The molecule has 3 aromatic rings. The lowest BCUT2D eigenvalue weighted by Gasteiger charge is -2.13. The van der Waals surface area contributed by atoms with Gasteiger partial charge in [0.1, 0.15) is 17.3 Å². The second-order valence-corrected chi connectivity index (χ2v) is 6.87. The van der Waals surface area contributed by atoms with Crippen LogP contribution in [0.15, 0.2) is 36.9 Å². The van der Waals surface area contributed by atoms with Gasteiger partial charge in [-0.15, -0.1) is 0 Å². The summed E-state index contributed by atoms with van der Waals surface area (Å²) < 4.78 is 15.9. The molecule has 0 unspecified atom stereocenters. The summed E-state index contributed by atoms with van der Waals surface area (Å²) in [6, 6.07) is 3.21. The van der Waals surface area contributed by atoms with Crippen LogP contribution in [-0.2, 0) is 6.42 Å². The molecule has 9 heteroatoms. The van der Waals surface area contributed by atoms with Crippen molar-refractivity contribution in [1.29, 1.82) is 0 Å². The highest BCUT2D eigenvalue weighted by atomic mass is 16.5. The highest BCUT2D eigenvalue weighted by Crippen LogP contribution is 2.30. The van der Waals surface area contributed by atoms with Crippen molar-refractivity contribution < 1.29 is 22.9 Å². The van der Waals surface area contributed by atoms with E-state index < -0.39 is 5.91 Å². The molecule has 2 N–H and O–H groups in total. The molecule has 0 saturated carbocycles. The molecule has 29 heavy (non-hydrogen) atoms. The molecule has 0 atom stereocenters. The molecule has 3 aromatic heterocycles. The van der Waals surface area contributed by atoms with Crippen LogP contribution >= 0.6 is 0 Å². The van der Waals surface area contributed by atoms with Crippen LogP contribution in [0.3, 0.4) is 0 Å². The van der Waals surface area contributed by atoms with Crippen molar-refractivity contribution in [3.05, 3.63) is 58.1 Å². The maximum Gasteiger partial charge on any atom is 0.292 e. The van der Waals surface area contributed by atoms with Gasteiger partial charge in [-0.2, -0.15) is 5.10 Å². The van der Waals surface area contributed by atoms with Crippen LogP contribution in [0.5, 0.6) is 0 Å². The first-order valence-electron chi connectivity index (χ1n) is 9.22. The van der Waals surface area contributed by atoms with Gasteiger partial charge in [0.15, 0.2) is 11.6 Å². The van der Waals surface area contributed by atoms with E-state index in [0.29, 0.717) is 52.8 Å². The molecular formula is C20H20N4O5. The van der Waals surface area contributed by atoms with E-state index in [1.807, 2.05) is 0 Å². The number of anilines is 1. The number of hydrazone groups is 1. The lowest BCUT2D eigenvalue weighted by molar-refractivity contribution is 0.0952. The van der Waals surface area contributed by atoms with Gasteiger partial charge >= 0.3 is 0 Å². The molecule has 4 rings (SSSR count). The number of rotatable bonds is 4. The van der Waals surface area contributed by atoms with Crippen LogP contribution in [0, 0.1) is 20.8 Å². The molecule has 0 aromatic carbocycles. The minimum absolute atomic E-state index is 0.197. The van der Waals surface area contributed by atoms with Crippen molar-refractivity contribution in [2.45, 2.75) is 40.0 Å². The molecular weight excluding hydrogens is 376 g/mol. The molecule has 3 heterocycles. The summed E-state index contributed by atoms with van der Waals surface area (Å²) in [7, 11) is 0. The van der Waals surface area contributed by atoms with Crippen LogP contribution in [0.4, 0.5) is 5.82 Å². The topological polar surface area (TPSA) is 123 Å². The number of nitrogens with one attached hydrogen (secondary N) is 2. The van der Waals surface area contributed by atoms with E-state index in [4.69, 9.17) is 13.4 Å². The smallest absolute Gasteiger partial charge is 0.292 e. The third kappa shape index (κ3) is 3.58. The van der Waals surface area contributed by atoms with E-state index in [1.54, 1.807) is 32.9 Å². The molecule has 1 aliphatic carbocycles. The molecule has 0 bridgehead atoms. The highest BCUT2D eigenvalue weighted by Gasteiger charge is 2.28. The zero-order valence-electron chi connectivity index (χ0n) is 16.3. The van der Waals surface area contributed by atoms with Gasteiger partial charge in [-0.1, -0.05) is 5.16 Å². The van der Waals surface area contributed by atoms with Gasteiger partial charge in [0.25, 0.3) is 11.8 Å². The summed E-state index contributed by atoms with van der Waals surface area (Å²) in [6.07, 6.45) is 3.63. The van der Waals surface area contributed by atoms with Crippen molar-refractivity contribution in [3.8, 4) is 0 Å². The Hall–Kier alpha value is -3.62. The SMILES string of the molecule is Cc1cc(NC(=O)c2oc3c(c2C)/C(=N/NC(=O)c2ccoc2C)CCC3)no1. The van der Waals surface area contributed by atoms with E-state index in [0.717, 1.165) is 12.0 Å². The maximum absolute atomic E-state index is 12.6. The minimum atomic E-state index is -0.414. The van der Waals surface area contributed by atoms with E-state index >= 15 is 0 Å². The second kappa shape index (κ2) is 7.42. The maximum atomic E-state index is 12.6. The normalized spacial score (nSPS) is 14.7. The number of furan rings is 2. The molecule has 150 valence electrons. The number of aromatic nitrogens is 1. The number of hydrogen-bond acceptors (Lipinski definition) is 7. The van der Waals surface area contributed by atoms with E-state index in [2.05, 4.69) is 21.0 Å². The Kier molecular flexibility index (Phi) is 4.79. The molecule has 9 nitrogen and oxygen atoms in total. The fourth-order valence-corrected chi connectivity index (χ4v) is 3.39. The first-order valence-corrected chi connectivity index (χ1v) is 9.22. The third-order valence-electron chi connectivity index (χ3n) is 4.80. The Labute approximate surface area is 166 Å². The average Bonchev–Trinajstić information content (AvgIpc) is 3.39. The quantitative estimate of drug-likeness (QED) is 0.651. The van der Waals surface area contributed by atoms with Gasteiger partial charge in [-0.3, -0.25) is 9.59 Å². The first-order chi connectivity index (χ1) is 13.9. The zero-order chi connectivity index (χ0) is 20.5. The molecule has 0 spiro atoms. The van der Waals surface area contributed by atoms with Gasteiger partial charge in [0, 0.05) is 23.6 Å². The molecule has 0 saturated heterocycles. The number of fused-ring (bicyclic) bond motifs is 1. The van der Waals surface area contributed by atoms with Gasteiger partial charge in [0.2, 0.25) is 0 Å². The number of carbonyl (C=O) groups excluding carboxylic acids is 2. The largest absolute Gasteiger partial charge is 0.469 e. The van der Waals surface area contributed by atoms with Gasteiger partial charge < -0.3 is 18.7 Å². The van der Waals surface area contributed by atoms with Crippen LogP contribution in [0.2, 0.25) is 0 Å². The van der Waals surface area contributed by atoms with Crippen LogP contribution in [0.1, 0.15) is 62.2 Å². The highest BCUT2D eigenvalue weighted by molar-refractivity contribution is 6.09. The number of aryl methyl sites for hydroxylation is 3. The van der Waals surface area contributed by atoms with Gasteiger partial charge in [-0.05, 0) is 39.7 Å². The average molecular weight is 396 g/mol. The van der Waals surface area contributed by atoms with Crippen LogP contribution < -0.4 is 10.7 Å². The summed E-state index contributed by atoms with van der Waals surface area (Å²) in [6.45, 7) is 5.25. The Morgan fingerprint density at radius 1 is 1.17 bits per heavy atom. The minimum Gasteiger partial charge on any atom is -0.469 e. The van der Waals surface area contributed by atoms with E-state index in [9.17, 15) is 9.59 Å². The van der Waals surface area contributed by atoms with Crippen LogP contribution in [-0.4, -0.2) is 22.7 Å². The van der Waals surface area contributed by atoms with Crippen molar-refractivity contribution >= 4 is 23.3 Å². The lowest BCUT2D eigenvalue weighted by atomic mass is 9.93. The monoisotopic (exact) mass is 396 g/mol. The number of carbonyl (C=O) groups is 2. The molecule has 0 aliphatic heterocycles. The lowest BCUT2D eigenvalue weighted by Crippen LogP contribution is -2.22. The molecule has 1 aliphatic rings. The van der Waals surface area contributed by atoms with Crippen molar-refractivity contribution in [2.75, 3.05) is 5.32 Å². The standard InChI is InChI=1S/C20H20N4O5/c1-10-9-16(24-29-10)21-20(26)18-11(2)17-14(5-4-6-15(17)28-18)22-23-19(25)13-7-8-27-12(13)3/h7-9H,4-6H2,1-3H3,(H,23,25)(H,21,24,26)/b22-14+. The predicted molar refractivity (Wildman–Crippen MR) is 103 cm³/mol. The van der Waals surface area contributed by atoms with Crippen molar-refractivity contribution in [2.24, 2.45) is 5.10 Å². The van der Waals surface area contributed by atoms with Crippen molar-refractivity contribution in [3.63, 3.8) is 0 Å². The fourth-order valence-electron chi connectivity index (χ4n) is 3.39. The zero-order valence-corrected chi connectivity index (χ0v) is 16.3. The molecule has 0 radical (unpaired) electrons. The summed E-state index contributed by atoms with van der Waals surface area (Å²) in [5, 5.41) is 10.7. The third-order valence-corrected chi connectivity index (χ3v) is 4.80. The summed E-state index contributed by atoms with van der Waals surface area (Å²) in [4.78, 5) is 24.9. The molecule has 0 fully saturated rings.